The quantitative estimate of drug-likeness (QED) is 0.359. The number of likely N-dealkylation sites (N-methyl/N-ethyl adjacent to an activating group) is 1. The highest BCUT2D eigenvalue weighted by molar-refractivity contribution is 7.92. The first kappa shape index (κ1) is 29.9. The lowest BCUT2D eigenvalue weighted by Gasteiger charge is -2.32. The summed E-state index contributed by atoms with van der Waals surface area (Å²) in [4.78, 5) is 28.5. The Labute approximate surface area is 232 Å². The summed E-state index contributed by atoms with van der Waals surface area (Å²) in [5.74, 6) is -0.439. The number of nitrogens with zero attached hydrogens (tertiary/aromatic N) is 2. The van der Waals surface area contributed by atoms with E-state index in [4.69, 9.17) is 0 Å². The van der Waals surface area contributed by atoms with Gasteiger partial charge in [0.1, 0.15) is 6.04 Å². The fourth-order valence-corrected chi connectivity index (χ4v) is 5.70. The Hall–Kier alpha value is -3.65. The van der Waals surface area contributed by atoms with Crippen molar-refractivity contribution in [1.82, 2.24) is 10.2 Å². The van der Waals surface area contributed by atoms with E-state index < -0.39 is 16.1 Å². The Morgan fingerprint density at radius 3 is 2.15 bits per heavy atom. The third-order valence-electron chi connectivity index (χ3n) is 7.12. The van der Waals surface area contributed by atoms with Gasteiger partial charge < -0.3 is 10.2 Å². The molecule has 0 bridgehead atoms. The maximum atomic E-state index is 13.8. The number of benzene rings is 3. The van der Waals surface area contributed by atoms with Gasteiger partial charge in [-0.25, -0.2) is 8.42 Å². The van der Waals surface area contributed by atoms with E-state index in [0.29, 0.717) is 18.5 Å². The van der Waals surface area contributed by atoms with E-state index in [2.05, 4.69) is 5.32 Å². The second-order valence-corrected chi connectivity index (χ2v) is 11.8. The summed E-state index contributed by atoms with van der Waals surface area (Å²) in [6.07, 6.45) is 1.97. The second kappa shape index (κ2) is 13.4. The van der Waals surface area contributed by atoms with Crippen LogP contribution in [0.4, 0.5) is 5.69 Å². The molecule has 0 aliphatic carbocycles. The molecule has 1 atom stereocenters. The molecule has 0 heterocycles. The van der Waals surface area contributed by atoms with Crippen molar-refractivity contribution in [2.45, 2.75) is 52.6 Å². The SMILES string of the molecule is CNC(=O)[C@@H](Cc1ccccc1)N(Cc1ccccc1C)C(=O)CCCN(c1cccc(C)c1C)S(C)(=O)=O. The topological polar surface area (TPSA) is 86.8 Å². The van der Waals surface area contributed by atoms with Crippen molar-refractivity contribution in [1.29, 1.82) is 0 Å². The predicted octanol–water partition coefficient (Wildman–Crippen LogP) is 4.54. The Bertz CT molecular complexity index is 1390. The van der Waals surface area contributed by atoms with Gasteiger partial charge in [0.2, 0.25) is 21.8 Å². The van der Waals surface area contributed by atoms with Gasteiger partial charge in [0.25, 0.3) is 0 Å². The van der Waals surface area contributed by atoms with Gasteiger partial charge in [-0.1, -0.05) is 66.7 Å². The highest BCUT2D eigenvalue weighted by atomic mass is 32.2. The summed E-state index contributed by atoms with van der Waals surface area (Å²) in [6, 6.07) is 22.3. The first-order valence-electron chi connectivity index (χ1n) is 13.2. The number of rotatable bonds is 12. The predicted molar refractivity (Wildman–Crippen MR) is 157 cm³/mol. The van der Waals surface area contributed by atoms with Crippen molar-refractivity contribution in [3.63, 3.8) is 0 Å². The summed E-state index contributed by atoms with van der Waals surface area (Å²) < 4.78 is 26.8. The van der Waals surface area contributed by atoms with Gasteiger partial charge >= 0.3 is 0 Å². The third-order valence-corrected chi connectivity index (χ3v) is 8.30. The summed E-state index contributed by atoms with van der Waals surface area (Å²) in [6.45, 7) is 6.27. The van der Waals surface area contributed by atoms with Crippen LogP contribution in [-0.2, 0) is 32.6 Å². The lowest BCUT2D eigenvalue weighted by molar-refractivity contribution is -0.141. The first-order valence-corrected chi connectivity index (χ1v) is 15.0. The minimum absolute atomic E-state index is 0.102. The van der Waals surface area contributed by atoms with Gasteiger partial charge in [-0.3, -0.25) is 13.9 Å². The van der Waals surface area contributed by atoms with Crippen LogP contribution in [0.5, 0.6) is 0 Å². The molecule has 8 heteroatoms. The van der Waals surface area contributed by atoms with E-state index in [1.54, 1.807) is 18.0 Å². The smallest absolute Gasteiger partial charge is 0.242 e. The van der Waals surface area contributed by atoms with Crippen molar-refractivity contribution in [3.8, 4) is 0 Å². The van der Waals surface area contributed by atoms with Crippen LogP contribution in [0.2, 0.25) is 0 Å². The molecule has 0 aliphatic rings. The molecule has 3 aromatic carbocycles. The fourth-order valence-electron chi connectivity index (χ4n) is 4.68. The molecule has 1 N–H and O–H groups in total. The van der Waals surface area contributed by atoms with E-state index in [1.807, 2.05) is 87.5 Å². The number of sulfonamides is 1. The van der Waals surface area contributed by atoms with Gasteiger partial charge in [0.15, 0.2) is 0 Å². The molecule has 0 aromatic heterocycles. The van der Waals surface area contributed by atoms with E-state index >= 15 is 0 Å². The fraction of sp³-hybridized carbons (Fsp3) is 0.355. The summed E-state index contributed by atoms with van der Waals surface area (Å²) in [7, 11) is -1.99. The number of hydrogen-bond donors (Lipinski definition) is 1. The monoisotopic (exact) mass is 549 g/mol. The zero-order chi connectivity index (χ0) is 28.6. The van der Waals surface area contributed by atoms with Crippen LogP contribution in [0, 0.1) is 20.8 Å². The number of aryl methyl sites for hydroxylation is 2. The van der Waals surface area contributed by atoms with Crippen molar-refractivity contribution in [2.75, 3.05) is 24.2 Å². The molecule has 0 unspecified atom stereocenters. The highest BCUT2D eigenvalue weighted by Gasteiger charge is 2.30. The minimum atomic E-state index is -3.56. The van der Waals surface area contributed by atoms with Crippen LogP contribution in [0.1, 0.15) is 40.7 Å². The Kier molecular flexibility index (Phi) is 10.3. The first-order chi connectivity index (χ1) is 18.5. The highest BCUT2D eigenvalue weighted by Crippen LogP contribution is 2.26. The molecular weight excluding hydrogens is 510 g/mol. The molecule has 3 rings (SSSR count). The zero-order valence-electron chi connectivity index (χ0n) is 23.5. The Morgan fingerprint density at radius 1 is 0.872 bits per heavy atom. The van der Waals surface area contributed by atoms with E-state index in [9.17, 15) is 18.0 Å². The molecule has 7 nitrogen and oxygen atoms in total. The normalized spacial score (nSPS) is 12.0. The number of amides is 2. The average Bonchev–Trinajstić information content (AvgIpc) is 2.91. The minimum Gasteiger partial charge on any atom is -0.357 e. The van der Waals surface area contributed by atoms with Gasteiger partial charge in [-0.05, 0) is 61.1 Å². The summed E-state index contributed by atoms with van der Waals surface area (Å²) in [5.41, 5.74) is 5.44. The molecule has 0 saturated heterocycles. The summed E-state index contributed by atoms with van der Waals surface area (Å²) in [5, 5.41) is 2.73. The van der Waals surface area contributed by atoms with Crippen LogP contribution < -0.4 is 9.62 Å². The van der Waals surface area contributed by atoms with Crippen LogP contribution >= 0.6 is 0 Å². The van der Waals surface area contributed by atoms with Gasteiger partial charge in [-0.2, -0.15) is 0 Å². The second-order valence-electron chi connectivity index (χ2n) is 9.93. The van der Waals surface area contributed by atoms with Gasteiger partial charge in [0.05, 0.1) is 11.9 Å². The molecule has 0 radical (unpaired) electrons. The van der Waals surface area contributed by atoms with Crippen LogP contribution in [0.25, 0.3) is 0 Å². The molecule has 208 valence electrons. The van der Waals surface area contributed by atoms with Crippen LogP contribution in [0.15, 0.2) is 72.8 Å². The van der Waals surface area contributed by atoms with E-state index in [1.165, 1.54) is 10.6 Å². The number of hydrogen-bond acceptors (Lipinski definition) is 4. The molecule has 39 heavy (non-hydrogen) atoms. The average molecular weight is 550 g/mol. The van der Waals surface area contributed by atoms with Crippen LogP contribution in [-0.4, -0.2) is 51.0 Å². The molecule has 2 amide bonds. The largest absolute Gasteiger partial charge is 0.357 e. The lowest BCUT2D eigenvalue weighted by Crippen LogP contribution is -2.50. The summed E-state index contributed by atoms with van der Waals surface area (Å²) >= 11 is 0. The zero-order valence-corrected chi connectivity index (χ0v) is 24.3. The van der Waals surface area contributed by atoms with Crippen molar-refractivity contribution < 1.29 is 18.0 Å². The molecule has 0 saturated carbocycles. The molecular formula is C31H39N3O4S. The van der Waals surface area contributed by atoms with E-state index in [0.717, 1.165) is 27.8 Å². The van der Waals surface area contributed by atoms with Crippen molar-refractivity contribution in [3.05, 3.63) is 101 Å². The maximum Gasteiger partial charge on any atom is 0.242 e. The van der Waals surface area contributed by atoms with Crippen molar-refractivity contribution in [2.24, 2.45) is 0 Å². The van der Waals surface area contributed by atoms with E-state index in [-0.39, 0.29) is 31.3 Å². The van der Waals surface area contributed by atoms with Crippen LogP contribution in [0.3, 0.4) is 0 Å². The maximum absolute atomic E-state index is 13.8. The molecule has 0 aliphatic heterocycles. The number of nitrogens with one attached hydrogen (secondary N) is 1. The molecule has 0 fully saturated rings. The number of carbonyl (C=O) groups is 2. The Balaban J connectivity index is 1.87. The molecule has 0 spiro atoms. The number of anilines is 1. The standard InChI is InChI=1S/C31H39N3O4S/c1-23-14-11-18-28(25(23)3)34(39(5,37)38)20-12-19-30(35)33(22-27-17-10-9-13-24(27)2)29(31(36)32-4)21-26-15-7-6-8-16-26/h6-11,13-18,29H,12,19-22H2,1-5H3,(H,32,36)/t29-/m1/s1. The third kappa shape index (κ3) is 7.93. The Morgan fingerprint density at radius 2 is 1.51 bits per heavy atom. The van der Waals surface area contributed by atoms with Gasteiger partial charge in [0, 0.05) is 33.0 Å². The molecule has 3 aromatic rings. The van der Waals surface area contributed by atoms with Gasteiger partial charge in [-0.15, -0.1) is 0 Å². The number of carbonyl (C=O) groups excluding carboxylic acids is 2. The van der Waals surface area contributed by atoms with Crippen molar-refractivity contribution >= 4 is 27.5 Å². The lowest BCUT2D eigenvalue weighted by atomic mass is 10.0.